The molecule has 2 aromatic carbocycles. The Labute approximate surface area is 286 Å². The summed E-state index contributed by atoms with van der Waals surface area (Å²) < 4.78 is 22.0. The van der Waals surface area contributed by atoms with Gasteiger partial charge in [-0.25, -0.2) is 9.97 Å². The van der Waals surface area contributed by atoms with Crippen molar-refractivity contribution in [2.45, 2.75) is 38.4 Å². The van der Waals surface area contributed by atoms with Gasteiger partial charge in [-0.2, -0.15) is 0 Å². The van der Waals surface area contributed by atoms with E-state index >= 15 is 0 Å². The largest absolute Gasteiger partial charge is 0.491 e. The fraction of sp³-hybridized carbons (Fsp3) is 0.278. The molecular formula is C36H34N6O8. The lowest BCUT2D eigenvalue weighted by atomic mass is 10.1. The lowest BCUT2D eigenvalue weighted by Crippen LogP contribution is -2.28. The molecule has 8 heterocycles. The Kier molecular flexibility index (Phi) is 9.62. The van der Waals surface area contributed by atoms with Crippen LogP contribution < -0.4 is 30.7 Å². The number of benzene rings is 2. The SMILES string of the molecule is O=C1NCc2ccc(cc2)CNC(=O)c2cc(OCC3CO3)cc(n2)C(=O)NCc2ccc(cc2)CNC(=O)c2cc(OCC3CO3)cc1n2. The molecule has 50 heavy (non-hydrogen) atoms. The minimum atomic E-state index is -0.477. The van der Waals surface area contributed by atoms with Gasteiger partial charge in [0.2, 0.25) is 0 Å². The summed E-state index contributed by atoms with van der Waals surface area (Å²) in [5, 5.41) is 11.4. The van der Waals surface area contributed by atoms with Gasteiger partial charge < -0.3 is 40.2 Å². The van der Waals surface area contributed by atoms with Crippen LogP contribution in [0.15, 0.2) is 72.8 Å². The zero-order valence-corrected chi connectivity index (χ0v) is 26.9. The van der Waals surface area contributed by atoms with Gasteiger partial charge in [-0.05, 0) is 22.3 Å². The van der Waals surface area contributed by atoms with E-state index in [1.165, 1.54) is 24.3 Å². The minimum Gasteiger partial charge on any atom is -0.491 e. The highest BCUT2D eigenvalue weighted by Crippen LogP contribution is 2.20. The Bertz CT molecular complexity index is 1660. The summed E-state index contributed by atoms with van der Waals surface area (Å²) in [5.74, 6) is -1.25. The van der Waals surface area contributed by atoms with Crippen LogP contribution in [0.25, 0.3) is 0 Å². The summed E-state index contributed by atoms with van der Waals surface area (Å²) in [5.41, 5.74) is 3.34. The fourth-order valence-corrected chi connectivity index (χ4v) is 4.99. The molecule has 0 aliphatic carbocycles. The van der Waals surface area contributed by atoms with Crippen LogP contribution in [0.1, 0.15) is 64.2 Å². The van der Waals surface area contributed by atoms with Gasteiger partial charge in [-0.1, -0.05) is 48.5 Å². The topological polar surface area (TPSA) is 186 Å². The molecule has 14 heteroatoms. The molecular weight excluding hydrogens is 644 g/mol. The Balaban J connectivity index is 1.12. The van der Waals surface area contributed by atoms with Gasteiger partial charge in [0.25, 0.3) is 23.6 Å². The Morgan fingerprint density at radius 3 is 1.00 bits per heavy atom. The van der Waals surface area contributed by atoms with Crippen molar-refractivity contribution < 1.29 is 38.1 Å². The lowest BCUT2D eigenvalue weighted by molar-refractivity contribution is 0.0924. The molecule has 0 saturated carbocycles. The number of carbonyl (C=O) groups excluding carboxylic acids is 4. The van der Waals surface area contributed by atoms with Crippen LogP contribution in [0, 0.1) is 0 Å². The van der Waals surface area contributed by atoms with Gasteiger partial charge in [-0.15, -0.1) is 0 Å². The third-order valence-electron chi connectivity index (χ3n) is 8.06. The van der Waals surface area contributed by atoms with E-state index < -0.39 is 23.6 Å². The van der Waals surface area contributed by atoms with Crippen LogP contribution in [0.5, 0.6) is 11.5 Å². The molecule has 6 aliphatic rings. The number of epoxide rings is 2. The van der Waals surface area contributed by atoms with Gasteiger partial charge >= 0.3 is 0 Å². The fourth-order valence-electron chi connectivity index (χ4n) is 4.99. The smallest absolute Gasteiger partial charge is 0.270 e. The maximum absolute atomic E-state index is 13.2. The molecule has 0 radical (unpaired) electrons. The minimum absolute atomic E-state index is 0.0181. The van der Waals surface area contributed by atoms with E-state index in [4.69, 9.17) is 18.9 Å². The number of ether oxygens (including phenoxy) is 4. The van der Waals surface area contributed by atoms with Crippen molar-refractivity contribution >= 4 is 23.6 Å². The van der Waals surface area contributed by atoms with Crippen LogP contribution in [0.2, 0.25) is 0 Å². The number of nitrogens with zero attached hydrogens (tertiary/aromatic N) is 2. The van der Waals surface area contributed by atoms with E-state index in [0.29, 0.717) is 37.9 Å². The molecule has 4 aromatic rings. The Morgan fingerprint density at radius 1 is 0.500 bits per heavy atom. The summed E-state index contributed by atoms with van der Waals surface area (Å²) in [6.07, 6.45) is -0.0362. The van der Waals surface area contributed by atoms with Crippen LogP contribution in [0.4, 0.5) is 0 Å². The normalized spacial score (nSPS) is 19.1. The molecule has 8 bridgehead atoms. The highest BCUT2D eigenvalue weighted by Gasteiger charge is 2.25. The van der Waals surface area contributed by atoms with Crippen molar-refractivity contribution in [1.29, 1.82) is 0 Å². The molecule has 10 rings (SSSR count). The van der Waals surface area contributed by atoms with E-state index in [0.717, 1.165) is 22.3 Å². The number of nitrogens with one attached hydrogen (secondary N) is 4. The number of amides is 4. The highest BCUT2D eigenvalue weighted by atomic mass is 16.6. The molecule has 4 amide bonds. The van der Waals surface area contributed by atoms with Crippen LogP contribution in [-0.4, -0.2) is 72.2 Å². The summed E-state index contributed by atoms with van der Waals surface area (Å²) in [6, 6.07) is 20.6. The number of pyridine rings is 2. The third-order valence-corrected chi connectivity index (χ3v) is 8.06. The second kappa shape index (κ2) is 14.7. The number of hydrogen-bond acceptors (Lipinski definition) is 10. The zero-order chi connectivity index (χ0) is 34.5. The van der Waals surface area contributed by atoms with Gasteiger partial charge in [0.1, 0.15) is 59.7 Å². The average molecular weight is 679 g/mol. The first kappa shape index (κ1) is 32.7. The van der Waals surface area contributed by atoms with Gasteiger partial charge in [0.15, 0.2) is 0 Å². The Hall–Kier alpha value is -5.86. The number of carbonyl (C=O) groups is 4. The molecule has 4 N–H and O–H groups in total. The molecule has 0 spiro atoms. The number of aromatic nitrogens is 2. The van der Waals surface area contributed by atoms with Gasteiger partial charge in [0.05, 0.1) is 13.2 Å². The van der Waals surface area contributed by atoms with Gasteiger partial charge in [0, 0.05) is 50.4 Å². The van der Waals surface area contributed by atoms with Crippen LogP contribution >= 0.6 is 0 Å². The molecule has 2 fully saturated rings. The van der Waals surface area contributed by atoms with Crippen molar-refractivity contribution in [1.82, 2.24) is 31.2 Å². The van der Waals surface area contributed by atoms with E-state index in [-0.39, 0.29) is 61.2 Å². The summed E-state index contributed by atoms with van der Waals surface area (Å²) in [4.78, 5) is 61.4. The number of rotatable bonds is 6. The van der Waals surface area contributed by atoms with Crippen LogP contribution in [-0.2, 0) is 35.7 Å². The van der Waals surface area contributed by atoms with E-state index in [1.54, 1.807) is 0 Å². The van der Waals surface area contributed by atoms with Crippen molar-refractivity contribution in [3.63, 3.8) is 0 Å². The molecule has 2 aromatic heterocycles. The first-order valence-electron chi connectivity index (χ1n) is 16.2. The summed E-state index contributed by atoms with van der Waals surface area (Å²) in [6.45, 7) is 2.55. The maximum atomic E-state index is 13.2. The molecule has 14 nitrogen and oxygen atoms in total. The molecule has 256 valence electrons. The molecule has 2 saturated heterocycles. The van der Waals surface area contributed by atoms with Crippen molar-refractivity contribution in [2.24, 2.45) is 0 Å². The quantitative estimate of drug-likeness (QED) is 0.220. The summed E-state index contributed by atoms with van der Waals surface area (Å²) in [7, 11) is 0. The Morgan fingerprint density at radius 2 is 0.760 bits per heavy atom. The standard InChI is InChI=1S/C36H34N6O8/c43-33-29-9-25(47-17-27-19-49-27)11-31(41-29)35(45)39-15-23-5-7-24(8-6-23)16-40-36(46)32-12-26(48-18-28-20-50-28)10-30(42-32)34(44)38-14-22-2-1-21(3-4-22)13-37-33/h1-12,27-28H,13-20H2,(H,37,43)(H,38,44)(H,39,45)(H,40,46). The first-order chi connectivity index (χ1) is 24.3. The highest BCUT2D eigenvalue weighted by molar-refractivity contribution is 5.98. The van der Waals surface area contributed by atoms with Crippen molar-refractivity contribution in [3.05, 3.63) is 118 Å². The zero-order valence-electron chi connectivity index (χ0n) is 26.9. The average Bonchev–Trinajstić information content (AvgIpc) is 4.09. The number of hydrogen-bond donors (Lipinski definition) is 4. The first-order valence-corrected chi connectivity index (χ1v) is 16.2. The summed E-state index contributed by atoms with van der Waals surface area (Å²) >= 11 is 0. The molecule has 2 unspecified atom stereocenters. The van der Waals surface area contributed by atoms with E-state index in [1.807, 2.05) is 48.5 Å². The second-order valence-corrected chi connectivity index (χ2v) is 12.0. The van der Waals surface area contributed by atoms with Crippen molar-refractivity contribution in [2.75, 3.05) is 26.4 Å². The maximum Gasteiger partial charge on any atom is 0.270 e. The van der Waals surface area contributed by atoms with E-state index in [9.17, 15) is 19.2 Å². The van der Waals surface area contributed by atoms with Crippen LogP contribution in [0.3, 0.4) is 0 Å². The monoisotopic (exact) mass is 678 g/mol. The lowest BCUT2D eigenvalue weighted by Gasteiger charge is -2.12. The van der Waals surface area contributed by atoms with Gasteiger partial charge in [-0.3, -0.25) is 19.2 Å². The third kappa shape index (κ3) is 8.78. The molecule has 2 atom stereocenters. The van der Waals surface area contributed by atoms with E-state index in [2.05, 4.69) is 31.2 Å². The van der Waals surface area contributed by atoms with Crippen molar-refractivity contribution in [3.8, 4) is 11.5 Å². The molecule has 6 aliphatic heterocycles. The predicted octanol–water partition coefficient (Wildman–Crippen LogP) is 2.07. The predicted molar refractivity (Wildman–Crippen MR) is 177 cm³/mol. The second-order valence-electron chi connectivity index (χ2n) is 12.0.